The monoisotopic (exact) mass is 272 g/mol. The first-order chi connectivity index (χ1) is 9.74. The van der Waals surface area contributed by atoms with E-state index in [4.69, 9.17) is 4.84 Å². The molecule has 20 heavy (non-hydrogen) atoms. The Balaban J connectivity index is 1.86. The maximum absolute atomic E-state index is 12.4. The van der Waals surface area contributed by atoms with E-state index in [2.05, 4.69) is 5.16 Å². The highest BCUT2D eigenvalue weighted by molar-refractivity contribution is 6.23. The molecule has 1 aromatic rings. The van der Waals surface area contributed by atoms with Gasteiger partial charge >= 0.3 is 0 Å². The number of likely N-dealkylation sites (tertiary alicyclic amines) is 1. The zero-order valence-electron chi connectivity index (χ0n) is 11.3. The van der Waals surface area contributed by atoms with E-state index < -0.39 is 12.0 Å². The minimum Gasteiger partial charge on any atom is -0.381 e. The van der Waals surface area contributed by atoms with Crippen LogP contribution in [0.4, 0.5) is 0 Å². The van der Waals surface area contributed by atoms with E-state index in [1.54, 1.807) is 0 Å². The van der Waals surface area contributed by atoms with Gasteiger partial charge in [-0.15, -0.1) is 0 Å². The lowest BCUT2D eigenvalue weighted by Gasteiger charge is -2.14. The molecule has 5 heteroatoms. The van der Waals surface area contributed by atoms with E-state index in [0.29, 0.717) is 12.3 Å². The first kappa shape index (κ1) is 12.8. The van der Waals surface area contributed by atoms with Gasteiger partial charge in [0.2, 0.25) is 12.0 Å². The van der Waals surface area contributed by atoms with Gasteiger partial charge in [-0.2, -0.15) is 0 Å². The van der Waals surface area contributed by atoms with E-state index >= 15 is 0 Å². The number of amides is 2. The van der Waals surface area contributed by atoms with Gasteiger partial charge in [-0.1, -0.05) is 48.8 Å². The number of oxime groups is 1. The molecule has 1 fully saturated rings. The van der Waals surface area contributed by atoms with Gasteiger partial charge in [0.1, 0.15) is 11.6 Å². The number of unbranched alkanes of at least 4 members (excludes halogenated alkanes) is 1. The second-order valence-corrected chi connectivity index (χ2v) is 5.03. The van der Waals surface area contributed by atoms with Crippen molar-refractivity contribution < 1.29 is 14.4 Å². The summed E-state index contributed by atoms with van der Waals surface area (Å²) in [5, 5.41) is 3.95. The van der Waals surface area contributed by atoms with Crippen LogP contribution in [-0.2, 0) is 14.4 Å². The second kappa shape index (κ2) is 5.07. The Morgan fingerprint density at radius 3 is 2.65 bits per heavy atom. The summed E-state index contributed by atoms with van der Waals surface area (Å²) < 4.78 is 0. The van der Waals surface area contributed by atoms with Crippen molar-refractivity contribution in [2.24, 2.45) is 11.1 Å². The summed E-state index contributed by atoms with van der Waals surface area (Å²) in [6.07, 6.45) is 0.983. The van der Waals surface area contributed by atoms with Crippen molar-refractivity contribution in [2.75, 3.05) is 6.54 Å². The van der Waals surface area contributed by atoms with Crippen molar-refractivity contribution in [3.8, 4) is 0 Å². The highest BCUT2D eigenvalue weighted by atomic mass is 16.6. The molecule has 2 amide bonds. The van der Waals surface area contributed by atoms with Gasteiger partial charge in [-0.3, -0.25) is 14.5 Å². The predicted molar refractivity (Wildman–Crippen MR) is 73.0 cm³/mol. The van der Waals surface area contributed by atoms with E-state index in [0.717, 1.165) is 18.4 Å². The number of carbonyl (C=O) groups is 2. The van der Waals surface area contributed by atoms with E-state index in [9.17, 15) is 9.59 Å². The Morgan fingerprint density at radius 2 is 1.95 bits per heavy atom. The lowest BCUT2D eigenvalue weighted by atomic mass is 9.94. The number of hydrogen-bond acceptors (Lipinski definition) is 4. The molecule has 0 N–H and O–H groups in total. The summed E-state index contributed by atoms with van der Waals surface area (Å²) in [6, 6.07) is 9.39. The fourth-order valence-corrected chi connectivity index (χ4v) is 2.62. The summed E-state index contributed by atoms with van der Waals surface area (Å²) in [5.74, 6) is -1.03. The Hall–Kier alpha value is -2.17. The summed E-state index contributed by atoms with van der Waals surface area (Å²) in [6.45, 7) is 2.49. The number of hydrogen-bond donors (Lipinski definition) is 0. The van der Waals surface area contributed by atoms with E-state index in [-0.39, 0.29) is 11.8 Å². The number of benzene rings is 1. The van der Waals surface area contributed by atoms with Gasteiger partial charge in [-0.25, -0.2) is 0 Å². The maximum atomic E-state index is 12.4. The van der Waals surface area contributed by atoms with Crippen LogP contribution in [-0.4, -0.2) is 35.1 Å². The molecule has 2 aliphatic heterocycles. The zero-order valence-corrected chi connectivity index (χ0v) is 11.3. The third-order valence-corrected chi connectivity index (χ3v) is 3.71. The van der Waals surface area contributed by atoms with Crippen molar-refractivity contribution in [3.05, 3.63) is 35.9 Å². The molecule has 1 saturated heterocycles. The van der Waals surface area contributed by atoms with Crippen LogP contribution in [0.1, 0.15) is 25.3 Å². The minimum atomic E-state index is -0.769. The fraction of sp³-hybridized carbons (Fsp3) is 0.400. The summed E-state index contributed by atoms with van der Waals surface area (Å²) in [5.41, 5.74) is 1.39. The fourth-order valence-electron chi connectivity index (χ4n) is 2.62. The van der Waals surface area contributed by atoms with Gasteiger partial charge in [0.15, 0.2) is 0 Å². The molecule has 0 spiro atoms. The molecule has 5 nitrogen and oxygen atoms in total. The van der Waals surface area contributed by atoms with Crippen LogP contribution in [0.2, 0.25) is 0 Å². The van der Waals surface area contributed by atoms with Crippen LogP contribution in [0.25, 0.3) is 0 Å². The molecule has 1 aromatic carbocycles. The summed E-state index contributed by atoms with van der Waals surface area (Å²) in [4.78, 5) is 31.1. The molecule has 2 aliphatic rings. The normalized spacial score (nSPS) is 24.6. The van der Waals surface area contributed by atoms with Gasteiger partial charge in [0.05, 0.1) is 0 Å². The summed E-state index contributed by atoms with van der Waals surface area (Å²) >= 11 is 0. The number of imide groups is 1. The van der Waals surface area contributed by atoms with Gasteiger partial charge in [0, 0.05) is 12.1 Å². The van der Waals surface area contributed by atoms with Crippen LogP contribution in [0, 0.1) is 5.92 Å². The largest absolute Gasteiger partial charge is 0.381 e. The number of carbonyl (C=O) groups excluding carboxylic acids is 2. The molecule has 0 aromatic heterocycles. The van der Waals surface area contributed by atoms with Crippen molar-refractivity contribution in [1.29, 1.82) is 0 Å². The highest BCUT2D eigenvalue weighted by Crippen LogP contribution is 2.32. The van der Waals surface area contributed by atoms with E-state index in [1.807, 2.05) is 37.3 Å². The van der Waals surface area contributed by atoms with Crippen molar-refractivity contribution in [1.82, 2.24) is 4.90 Å². The molecule has 0 bridgehead atoms. The lowest BCUT2D eigenvalue weighted by molar-refractivity contribution is -0.142. The molecule has 0 aliphatic carbocycles. The first-order valence-electron chi connectivity index (χ1n) is 6.88. The number of nitrogens with zero attached hydrogens (tertiary/aromatic N) is 2. The predicted octanol–water partition coefficient (Wildman–Crippen LogP) is 1.57. The molecular weight excluding hydrogens is 256 g/mol. The molecule has 2 heterocycles. The number of fused-ring (bicyclic) bond motifs is 1. The summed E-state index contributed by atoms with van der Waals surface area (Å²) in [7, 11) is 0. The maximum Gasteiger partial charge on any atom is 0.274 e. The topological polar surface area (TPSA) is 59.0 Å². The standard InChI is InChI=1S/C15H16N2O3/c1-2-3-9-17-14(18)11-12(10-7-5-4-6-8-10)16-20-13(11)15(17)19/h4-8,11,13H,2-3,9H2,1H3. The molecule has 3 rings (SSSR count). The Kier molecular flexibility index (Phi) is 3.26. The van der Waals surface area contributed by atoms with Crippen LogP contribution in [0.3, 0.4) is 0 Å². The van der Waals surface area contributed by atoms with Crippen LogP contribution in [0.5, 0.6) is 0 Å². The SMILES string of the molecule is CCCCN1C(=O)C2ON=C(c3ccccc3)C2C1=O. The van der Waals surface area contributed by atoms with Gasteiger partial charge in [0.25, 0.3) is 5.91 Å². The smallest absolute Gasteiger partial charge is 0.274 e. The average molecular weight is 272 g/mol. The first-order valence-corrected chi connectivity index (χ1v) is 6.88. The van der Waals surface area contributed by atoms with Crippen LogP contribution < -0.4 is 0 Å². The third-order valence-electron chi connectivity index (χ3n) is 3.71. The lowest BCUT2D eigenvalue weighted by Crippen LogP contribution is -2.34. The van der Waals surface area contributed by atoms with Gasteiger partial charge in [-0.05, 0) is 6.42 Å². The van der Waals surface area contributed by atoms with Crippen LogP contribution in [0.15, 0.2) is 35.5 Å². The average Bonchev–Trinajstić information content (AvgIpc) is 3.01. The minimum absolute atomic E-state index is 0.187. The Bertz CT molecular complexity index is 568. The molecule has 0 radical (unpaired) electrons. The molecule has 0 saturated carbocycles. The van der Waals surface area contributed by atoms with Gasteiger partial charge < -0.3 is 4.84 Å². The second-order valence-electron chi connectivity index (χ2n) is 5.03. The third kappa shape index (κ3) is 1.90. The van der Waals surface area contributed by atoms with Crippen molar-refractivity contribution >= 4 is 17.5 Å². The van der Waals surface area contributed by atoms with E-state index in [1.165, 1.54) is 4.90 Å². The Labute approximate surface area is 117 Å². The number of rotatable bonds is 4. The molecule has 2 unspecified atom stereocenters. The van der Waals surface area contributed by atoms with Crippen molar-refractivity contribution in [3.63, 3.8) is 0 Å². The Morgan fingerprint density at radius 1 is 1.20 bits per heavy atom. The molecular formula is C15H16N2O3. The highest BCUT2D eigenvalue weighted by Gasteiger charge is 2.55. The molecule has 104 valence electrons. The molecule has 2 atom stereocenters. The van der Waals surface area contributed by atoms with Crippen molar-refractivity contribution in [2.45, 2.75) is 25.9 Å². The quantitative estimate of drug-likeness (QED) is 0.782. The van der Waals surface area contributed by atoms with Crippen LogP contribution >= 0.6 is 0 Å². The zero-order chi connectivity index (χ0) is 14.1.